The van der Waals surface area contributed by atoms with Crippen LogP contribution in [0.2, 0.25) is 0 Å². The molecule has 0 radical (unpaired) electrons. The first-order valence-electron chi connectivity index (χ1n) is 4.13. The molecule has 6 heteroatoms. The topological polar surface area (TPSA) is 79.5 Å². The van der Waals surface area contributed by atoms with E-state index < -0.39 is 12.1 Å². The van der Waals surface area contributed by atoms with Crippen molar-refractivity contribution in [2.24, 2.45) is 0 Å². The van der Waals surface area contributed by atoms with Gasteiger partial charge in [-0.15, -0.1) is 0 Å². The van der Waals surface area contributed by atoms with Crippen LogP contribution in [0.1, 0.15) is 12.8 Å². The predicted octanol–water partition coefficient (Wildman–Crippen LogP) is -0.874. The first-order chi connectivity index (χ1) is 6.24. The number of amides is 3. The Morgan fingerprint density at radius 1 is 1.38 bits per heavy atom. The van der Waals surface area contributed by atoms with E-state index >= 15 is 0 Å². The third-order valence-electron chi connectivity index (χ3n) is 1.75. The van der Waals surface area contributed by atoms with Crippen LogP contribution in [-0.2, 0) is 9.53 Å². The number of rotatable bonds is 1. The monoisotopic (exact) mass is 187 g/mol. The van der Waals surface area contributed by atoms with Gasteiger partial charge in [0.05, 0.1) is 0 Å². The summed E-state index contributed by atoms with van der Waals surface area (Å²) in [4.78, 5) is 21.8. The number of nitrogens with one attached hydrogen (secondary N) is 3. The van der Waals surface area contributed by atoms with Gasteiger partial charge in [-0.2, -0.15) is 0 Å². The summed E-state index contributed by atoms with van der Waals surface area (Å²) >= 11 is 0. The lowest BCUT2D eigenvalue weighted by atomic mass is 10.2. The minimum atomic E-state index is -0.452. The van der Waals surface area contributed by atoms with Gasteiger partial charge in [-0.3, -0.25) is 10.2 Å². The van der Waals surface area contributed by atoms with Crippen molar-refractivity contribution in [1.29, 1.82) is 0 Å². The summed E-state index contributed by atoms with van der Waals surface area (Å²) in [5.74, 6) is -0.305. The van der Waals surface area contributed by atoms with E-state index in [4.69, 9.17) is 4.74 Å². The standard InChI is InChI=1S/C7H13N3O3/c1-8-7(12)10-9-6(11)5-3-2-4-13-5/h5H,2-4H2,1H3,(H,9,11)(H2,8,10,12)/t5-/m0/s1. The molecule has 1 aliphatic rings. The van der Waals surface area contributed by atoms with E-state index in [2.05, 4.69) is 16.2 Å². The average Bonchev–Trinajstić information content (AvgIpc) is 2.66. The van der Waals surface area contributed by atoms with Crippen LogP contribution in [0, 0.1) is 0 Å². The zero-order valence-corrected chi connectivity index (χ0v) is 7.42. The van der Waals surface area contributed by atoms with Crippen molar-refractivity contribution in [2.45, 2.75) is 18.9 Å². The second-order valence-corrected chi connectivity index (χ2v) is 2.70. The smallest absolute Gasteiger partial charge is 0.333 e. The Morgan fingerprint density at radius 3 is 2.69 bits per heavy atom. The molecular formula is C7H13N3O3. The Morgan fingerprint density at radius 2 is 2.15 bits per heavy atom. The summed E-state index contributed by atoms with van der Waals surface area (Å²) in [6.45, 7) is 0.609. The molecule has 0 aromatic heterocycles. The van der Waals surface area contributed by atoms with Gasteiger partial charge >= 0.3 is 6.03 Å². The zero-order chi connectivity index (χ0) is 9.68. The lowest BCUT2D eigenvalue weighted by Gasteiger charge is -2.10. The molecule has 0 spiro atoms. The fourth-order valence-corrected chi connectivity index (χ4v) is 1.05. The molecule has 1 atom stereocenters. The lowest BCUT2D eigenvalue weighted by molar-refractivity contribution is -0.130. The second-order valence-electron chi connectivity index (χ2n) is 2.70. The number of hydrogen-bond acceptors (Lipinski definition) is 3. The third kappa shape index (κ3) is 2.90. The number of urea groups is 1. The Bertz CT molecular complexity index is 201. The van der Waals surface area contributed by atoms with Crippen LogP contribution in [0.5, 0.6) is 0 Å². The SMILES string of the molecule is CNC(=O)NNC(=O)[C@@H]1CCCO1. The highest BCUT2D eigenvalue weighted by Gasteiger charge is 2.23. The number of ether oxygens (including phenoxy) is 1. The minimum Gasteiger partial charge on any atom is -0.368 e. The number of hydrazine groups is 1. The summed E-state index contributed by atoms with van der Waals surface area (Å²) in [6.07, 6.45) is 1.18. The molecule has 0 bridgehead atoms. The van der Waals surface area contributed by atoms with Gasteiger partial charge in [0.1, 0.15) is 6.10 Å². The fraction of sp³-hybridized carbons (Fsp3) is 0.714. The maximum atomic E-state index is 11.2. The van der Waals surface area contributed by atoms with Crippen LogP contribution in [-0.4, -0.2) is 31.7 Å². The molecular weight excluding hydrogens is 174 g/mol. The van der Waals surface area contributed by atoms with E-state index in [-0.39, 0.29) is 5.91 Å². The lowest BCUT2D eigenvalue weighted by Crippen LogP contribution is -2.49. The molecule has 3 amide bonds. The average molecular weight is 187 g/mol. The van der Waals surface area contributed by atoms with Crippen LogP contribution < -0.4 is 16.2 Å². The van der Waals surface area contributed by atoms with Gasteiger partial charge < -0.3 is 10.1 Å². The van der Waals surface area contributed by atoms with Crippen molar-refractivity contribution in [2.75, 3.05) is 13.7 Å². The van der Waals surface area contributed by atoms with E-state index in [1.54, 1.807) is 0 Å². The molecule has 3 N–H and O–H groups in total. The first-order valence-corrected chi connectivity index (χ1v) is 4.13. The summed E-state index contributed by atoms with van der Waals surface area (Å²) < 4.78 is 5.10. The molecule has 6 nitrogen and oxygen atoms in total. The predicted molar refractivity (Wildman–Crippen MR) is 44.7 cm³/mol. The molecule has 74 valence electrons. The number of carbonyl (C=O) groups excluding carboxylic acids is 2. The van der Waals surface area contributed by atoms with Crippen LogP contribution in [0.15, 0.2) is 0 Å². The van der Waals surface area contributed by atoms with E-state index in [9.17, 15) is 9.59 Å². The second kappa shape index (κ2) is 4.66. The van der Waals surface area contributed by atoms with Gasteiger partial charge in [0.25, 0.3) is 5.91 Å². The summed E-state index contributed by atoms with van der Waals surface area (Å²) in [7, 11) is 1.47. The molecule has 0 unspecified atom stereocenters. The summed E-state index contributed by atoms with van der Waals surface area (Å²) in [6, 6.07) is -0.452. The molecule has 13 heavy (non-hydrogen) atoms. The molecule has 1 saturated heterocycles. The molecule has 0 aromatic rings. The highest BCUT2D eigenvalue weighted by atomic mass is 16.5. The largest absolute Gasteiger partial charge is 0.368 e. The molecule has 1 rings (SSSR count). The van der Waals surface area contributed by atoms with Crippen LogP contribution in [0.4, 0.5) is 4.79 Å². The Kier molecular flexibility index (Phi) is 3.51. The molecule has 1 aliphatic heterocycles. The van der Waals surface area contributed by atoms with Crippen LogP contribution >= 0.6 is 0 Å². The fourth-order valence-electron chi connectivity index (χ4n) is 1.05. The maximum Gasteiger partial charge on any atom is 0.333 e. The van der Waals surface area contributed by atoms with Crippen LogP contribution in [0.3, 0.4) is 0 Å². The Balaban J connectivity index is 2.20. The Labute approximate surface area is 76.0 Å². The molecule has 0 aliphatic carbocycles. The quantitative estimate of drug-likeness (QED) is 0.467. The first kappa shape index (κ1) is 9.79. The van der Waals surface area contributed by atoms with Crippen LogP contribution in [0.25, 0.3) is 0 Å². The van der Waals surface area contributed by atoms with E-state index in [0.717, 1.165) is 6.42 Å². The van der Waals surface area contributed by atoms with Gasteiger partial charge in [-0.1, -0.05) is 0 Å². The van der Waals surface area contributed by atoms with Gasteiger partial charge in [-0.25, -0.2) is 10.2 Å². The van der Waals surface area contributed by atoms with Gasteiger partial charge in [0.15, 0.2) is 0 Å². The molecule has 1 fully saturated rings. The van der Waals surface area contributed by atoms with Crippen molar-refractivity contribution in [1.82, 2.24) is 16.2 Å². The minimum absolute atomic E-state index is 0.305. The Hall–Kier alpha value is -1.30. The number of hydrogen-bond donors (Lipinski definition) is 3. The summed E-state index contributed by atoms with van der Waals surface area (Å²) in [5, 5.41) is 2.31. The van der Waals surface area contributed by atoms with Crippen molar-refractivity contribution >= 4 is 11.9 Å². The third-order valence-corrected chi connectivity index (χ3v) is 1.75. The van der Waals surface area contributed by atoms with Crippen molar-refractivity contribution in [3.05, 3.63) is 0 Å². The van der Waals surface area contributed by atoms with Gasteiger partial charge in [0.2, 0.25) is 0 Å². The van der Waals surface area contributed by atoms with Crippen molar-refractivity contribution in [3.8, 4) is 0 Å². The zero-order valence-electron chi connectivity index (χ0n) is 7.42. The maximum absolute atomic E-state index is 11.2. The van der Waals surface area contributed by atoms with E-state index in [1.165, 1.54) is 7.05 Å². The molecule has 1 heterocycles. The summed E-state index contributed by atoms with van der Waals surface area (Å²) in [5.41, 5.74) is 4.43. The van der Waals surface area contributed by atoms with E-state index in [1.807, 2.05) is 0 Å². The highest BCUT2D eigenvalue weighted by Crippen LogP contribution is 2.11. The normalized spacial score (nSPS) is 20.8. The van der Waals surface area contributed by atoms with Crippen molar-refractivity contribution in [3.63, 3.8) is 0 Å². The highest BCUT2D eigenvalue weighted by molar-refractivity contribution is 5.84. The van der Waals surface area contributed by atoms with Gasteiger partial charge in [-0.05, 0) is 12.8 Å². The van der Waals surface area contributed by atoms with Crippen molar-refractivity contribution < 1.29 is 14.3 Å². The van der Waals surface area contributed by atoms with E-state index in [0.29, 0.717) is 13.0 Å². The molecule has 0 aromatic carbocycles. The van der Waals surface area contributed by atoms with Gasteiger partial charge in [0, 0.05) is 13.7 Å². The number of carbonyl (C=O) groups is 2. The molecule has 0 saturated carbocycles.